The first-order chi connectivity index (χ1) is 11.5. The standard InChI is InChI=1S/C19H20N4O/c1-13-18(21-12-20-13)15-5-4-6-16(11-15)22-19(24)14-7-9-17(10-8-14)23(2)3/h4-12H,1-3H3,(H,20,21)(H,22,24). The lowest BCUT2D eigenvalue weighted by Crippen LogP contribution is -2.13. The highest BCUT2D eigenvalue weighted by atomic mass is 16.1. The number of benzene rings is 2. The van der Waals surface area contributed by atoms with Gasteiger partial charge in [-0.2, -0.15) is 0 Å². The molecule has 2 N–H and O–H groups in total. The van der Waals surface area contributed by atoms with E-state index in [1.165, 1.54) is 0 Å². The van der Waals surface area contributed by atoms with Crippen molar-refractivity contribution in [2.24, 2.45) is 0 Å². The maximum atomic E-state index is 12.4. The fourth-order valence-electron chi connectivity index (χ4n) is 2.51. The van der Waals surface area contributed by atoms with Crippen LogP contribution in [0.3, 0.4) is 0 Å². The van der Waals surface area contributed by atoms with Crippen molar-refractivity contribution in [3.63, 3.8) is 0 Å². The number of aromatic nitrogens is 2. The normalized spacial score (nSPS) is 10.5. The average Bonchev–Trinajstić information content (AvgIpc) is 3.01. The van der Waals surface area contributed by atoms with Crippen LogP contribution in [-0.4, -0.2) is 30.0 Å². The van der Waals surface area contributed by atoms with Crippen LogP contribution in [-0.2, 0) is 0 Å². The third-order valence-electron chi connectivity index (χ3n) is 3.87. The summed E-state index contributed by atoms with van der Waals surface area (Å²) in [7, 11) is 3.94. The van der Waals surface area contributed by atoms with Crippen molar-refractivity contribution in [1.29, 1.82) is 0 Å². The molecule has 1 aromatic heterocycles. The van der Waals surface area contributed by atoms with Crippen molar-refractivity contribution in [2.45, 2.75) is 6.92 Å². The highest BCUT2D eigenvalue weighted by Crippen LogP contribution is 2.23. The first-order valence-corrected chi connectivity index (χ1v) is 7.74. The summed E-state index contributed by atoms with van der Waals surface area (Å²) >= 11 is 0. The first kappa shape index (κ1) is 15.8. The summed E-state index contributed by atoms with van der Waals surface area (Å²) in [5.41, 5.74) is 5.29. The van der Waals surface area contributed by atoms with Gasteiger partial charge < -0.3 is 15.2 Å². The topological polar surface area (TPSA) is 61.0 Å². The predicted molar refractivity (Wildman–Crippen MR) is 97.5 cm³/mol. The number of amides is 1. The van der Waals surface area contributed by atoms with Crippen LogP contribution in [0.5, 0.6) is 0 Å². The molecule has 0 spiro atoms. The zero-order valence-electron chi connectivity index (χ0n) is 14.0. The Bertz CT molecular complexity index is 850. The summed E-state index contributed by atoms with van der Waals surface area (Å²) < 4.78 is 0. The van der Waals surface area contributed by atoms with Gasteiger partial charge in [-0.1, -0.05) is 12.1 Å². The van der Waals surface area contributed by atoms with Gasteiger partial charge >= 0.3 is 0 Å². The van der Waals surface area contributed by atoms with Crippen molar-refractivity contribution < 1.29 is 4.79 Å². The number of aryl methyl sites for hydroxylation is 1. The molecule has 1 heterocycles. The number of hydrogen-bond donors (Lipinski definition) is 2. The minimum Gasteiger partial charge on any atom is -0.378 e. The van der Waals surface area contributed by atoms with E-state index >= 15 is 0 Å². The van der Waals surface area contributed by atoms with Crippen LogP contribution in [0, 0.1) is 6.92 Å². The van der Waals surface area contributed by atoms with Crippen LogP contribution in [0.15, 0.2) is 54.9 Å². The molecule has 2 aromatic carbocycles. The van der Waals surface area contributed by atoms with E-state index in [0.29, 0.717) is 5.56 Å². The van der Waals surface area contributed by atoms with Crippen molar-refractivity contribution in [3.05, 3.63) is 66.1 Å². The van der Waals surface area contributed by atoms with Crippen LogP contribution in [0.1, 0.15) is 16.1 Å². The smallest absolute Gasteiger partial charge is 0.255 e. The molecule has 0 aliphatic heterocycles. The van der Waals surface area contributed by atoms with E-state index in [-0.39, 0.29) is 5.91 Å². The molecular formula is C19H20N4O. The summed E-state index contributed by atoms with van der Waals surface area (Å²) in [6, 6.07) is 15.2. The van der Waals surface area contributed by atoms with E-state index in [1.54, 1.807) is 6.33 Å². The van der Waals surface area contributed by atoms with E-state index < -0.39 is 0 Å². The maximum absolute atomic E-state index is 12.4. The van der Waals surface area contributed by atoms with E-state index in [4.69, 9.17) is 0 Å². The zero-order chi connectivity index (χ0) is 17.1. The second-order valence-electron chi connectivity index (χ2n) is 5.85. The SMILES string of the molecule is Cc1[nH]cnc1-c1cccc(NC(=O)c2ccc(N(C)C)cc2)c1. The minimum absolute atomic E-state index is 0.129. The second kappa shape index (κ2) is 6.58. The van der Waals surface area contributed by atoms with Gasteiger partial charge in [0.25, 0.3) is 5.91 Å². The third-order valence-corrected chi connectivity index (χ3v) is 3.87. The Morgan fingerprint density at radius 3 is 2.50 bits per heavy atom. The van der Waals surface area contributed by atoms with E-state index in [2.05, 4.69) is 15.3 Å². The molecule has 0 unspecified atom stereocenters. The molecule has 0 atom stereocenters. The molecule has 24 heavy (non-hydrogen) atoms. The molecule has 0 saturated carbocycles. The van der Waals surface area contributed by atoms with Gasteiger partial charge in [-0.3, -0.25) is 4.79 Å². The number of aromatic amines is 1. The van der Waals surface area contributed by atoms with Crippen LogP contribution in [0.4, 0.5) is 11.4 Å². The Kier molecular flexibility index (Phi) is 4.33. The van der Waals surface area contributed by atoms with Crippen molar-refractivity contribution >= 4 is 17.3 Å². The Morgan fingerprint density at radius 2 is 1.88 bits per heavy atom. The van der Waals surface area contributed by atoms with Crippen molar-refractivity contribution in [3.8, 4) is 11.3 Å². The van der Waals surface area contributed by atoms with Gasteiger partial charge in [-0.05, 0) is 43.3 Å². The highest BCUT2D eigenvalue weighted by Gasteiger charge is 2.09. The zero-order valence-corrected chi connectivity index (χ0v) is 14.0. The van der Waals surface area contributed by atoms with Crippen LogP contribution < -0.4 is 10.2 Å². The second-order valence-corrected chi connectivity index (χ2v) is 5.85. The predicted octanol–water partition coefficient (Wildman–Crippen LogP) is 3.70. The molecular weight excluding hydrogens is 300 g/mol. The van der Waals surface area contributed by atoms with Gasteiger partial charge in [0.05, 0.1) is 12.0 Å². The van der Waals surface area contributed by atoms with E-state index in [0.717, 1.165) is 28.3 Å². The van der Waals surface area contributed by atoms with Gasteiger partial charge in [-0.25, -0.2) is 4.98 Å². The number of anilines is 2. The first-order valence-electron chi connectivity index (χ1n) is 7.74. The molecule has 0 fully saturated rings. The number of H-pyrrole nitrogens is 1. The van der Waals surface area contributed by atoms with E-state index in [1.807, 2.05) is 74.4 Å². The largest absolute Gasteiger partial charge is 0.378 e. The molecule has 5 nitrogen and oxygen atoms in total. The molecule has 0 saturated heterocycles. The van der Waals surface area contributed by atoms with Crippen molar-refractivity contribution in [2.75, 3.05) is 24.3 Å². The lowest BCUT2D eigenvalue weighted by Gasteiger charge is -2.12. The van der Waals surface area contributed by atoms with Crippen LogP contribution >= 0.6 is 0 Å². The van der Waals surface area contributed by atoms with E-state index in [9.17, 15) is 4.79 Å². The van der Waals surface area contributed by atoms with Gasteiger partial charge in [0.2, 0.25) is 0 Å². The molecule has 0 aliphatic carbocycles. The van der Waals surface area contributed by atoms with Gasteiger partial charge in [0.15, 0.2) is 0 Å². The number of nitrogens with zero attached hydrogens (tertiary/aromatic N) is 2. The molecule has 0 bridgehead atoms. The van der Waals surface area contributed by atoms with Crippen molar-refractivity contribution in [1.82, 2.24) is 9.97 Å². The van der Waals surface area contributed by atoms with Gasteiger partial charge in [-0.15, -0.1) is 0 Å². The molecule has 122 valence electrons. The maximum Gasteiger partial charge on any atom is 0.255 e. The number of carbonyl (C=O) groups is 1. The lowest BCUT2D eigenvalue weighted by molar-refractivity contribution is 0.102. The molecule has 0 radical (unpaired) electrons. The van der Waals surface area contributed by atoms with Gasteiger partial charge in [0.1, 0.15) is 0 Å². The third kappa shape index (κ3) is 3.30. The van der Waals surface area contributed by atoms with Crippen LogP contribution in [0.25, 0.3) is 11.3 Å². The minimum atomic E-state index is -0.129. The number of hydrogen-bond acceptors (Lipinski definition) is 3. The summed E-state index contributed by atoms with van der Waals surface area (Å²) in [6.45, 7) is 1.97. The Labute approximate surface area is 141 Å². The Morgan fingerprint density at radius 1 is 1.12 bits per heavy atom. The molecule has 0 aliphatic rings. The number of rotatable bonds is 4. The highest BCUT2D eigenvalue weighted by molar-refractivity contribution is 6.04. The van der Waals surface area contributed by atoms with Crippen LogP contribution in [0.2, 0.25) is 0 Å². The number of nitrogens with one attached hydrogen (secondary N) is 2. The Balaban J connectivity index is 1.78. The summed E-state index contributed by atoms with van der Waals surface area (Å²) in [6.07, 6.45) is 1.67. The van der Waals surface area contributed by atoms with Gasteiger partial charge in [0, 0.05) is 42.3 Å². The molecule has 5 heteroatoms. The molecule has 3 rings (SSSR count). The lowest BCUT2D eigenvalue weighted by atomic mass is 10.1. The number of carbonyl (C=O) groups excluding carboxylic acids is 1. The Hall–Kier alpha value is -3.08. The molecule has 1 amide bonds. The fourth-order valence-corrected chi connectivity index (χ4v) is 2.51. The summed E-state index contributed by atoms with van der Waals surface area (Å²) in [4.78, 5) is 21.8. The summed E-state index contributed by atoms with van der Waals surface area (Å²) in [5.74, 6) is -0.129. The monoisotopic (exact) mass is 320 g/mol. The fraction of sp³-hybridized carbons (Fsp3) is 0.158. The molecule has 3 aromatic rings. The number of imidazole rings is 1. The summed E-state index contributed by atoms with van der Waals surface area (Å²) in [5, 5.41) is 2.94. The average molecular weight is 320 g/mol. The quantitative estimate of drug-likeness (QED) is 0.770.